The highest BCUT2D eigenvalue weighted by molar-refractivity contribution is 6.39. The van der Waals surface area contributed by atoms with Crippen molar-refractivity contribution in [2.45, 2.75) is 101 Å². The number of nitrogens with one attached hydrogen (secondary N) is 2. The lowest BCUT2D eigenvalue weighted by atomic mass is 9.85. The number of ether oxygens (including phenoxy) is 3. The summed E-state index contributed by atoms with van der Waals surface area (Å²) in [6.07, 6.45) is 0.760. The smallest absolute Gasteiger partial charge is 0.325 e. The maximum absolute atomic E-state index is 13.8. The Labute approximate surface area is 280 Å². The summed E-state index contributed by atoms with van der Waals surface area (Å²) in [7, 11) is 2.83. The number of hydrogen-bond donors (Lipinski definition) is 3. The Hall–Kier alpha value is -3.88. The highest BCUT2D eigenvalue weighted by Crippen LogP contribution is 2.36. The molecule has 48 heavy (non-hydrogen) atoms. The standard InChI is InChI=1S/C34H48N4O10/c1-21-13-15-24-18-27(46-4)22(2)47-29(40)20-37(3)28(39)19-35-31(42)25(16-14-23-10-6-5-7-11-23)36-32(43)26-12-8-9-17-38(26)33(44)30(41)34(21,45)48-24/h5-7,10-11,21-22,24-27,45H,8-9,12-20H2,1-4H3,(H,35,42)(H,36,43)/t21-,22+,24+,25+,26+,27+,34-/m1/s1. The van der Waals surface area contributed by atoms with Crippen LogP contribution in [0.3, 0.4) is 0 Å². The quantitative estimate of drug-likeness (QED) is 0.301. The second-order valence-corrected chi connectivity index (χ2v) is 13.0. The first kappa shape index (κ1) is 36.9. The highest BCUT2D eigenvalue weighted by Gasteiger charge is 2.53. The van der Waals surface area contributed by atoms with E-state index in [9.17, 15) is 33.9 Å². The molecule has 14 heteroatoms. The number of cyclic esters (lactones) is 1. The molecule has 3 saturated heterocycles. The number of carbonyl (C=O) groups excluding carboxylic acids is 6. The second-order valence-electron chi connectivity index (χ2n) is 13.0. The van der Waals surface area contributed by atoms with Gasteiger partial charge < -0.3 is 39.8 Å². The molecule has 3 heterocycles. The lowest BCUT2D eigenvalue weighted by molar-refractivity contribution is -0.267. The number of amides is 4. The number of ketones is 1. The van der Waals surface area contributed by atoms with Crippen molar-refractivity contribution in [1.82, 2.24) is 20.4 Å². The predicted octanol–water partition coefficient (Wildman–Crippen LogP) is 0.483. The number of piperidine rings is 1. The number of Topliss-reactive ketones (excluding diaryl/α,β-unsaturated/α-hetero) is 1. The van der Waals surface area contributed by atoms with Gasteiger partial charge in [0.05, 0.1) is 18.8 Å². The Bertz CT molecular complexity index is 1340. The minimum atomic E-state index is -2.45. The molecule has 1 aromatic carbocycles. The van der Waals surface area contributed by atoms with Crippen LogP contribution in [-0.2, 0) is 49.4 Å². The molecular weight excluding hydrogens is 624 g/mol. The first-order valence-electron chi connectivity index (χ1n) is 16.7. The molecule has 1 aromatic rings. The normalized spacial score (nSPS) is 32.0. The summed E-state index contributed by atoms with van der Waals surface area (Å²) < 4.78 is 17.1. The number of aliphatic hydroxyl groups is 1. The molecule has 0 radical (unpaired) electrons. The van der Waals surface area contributed by atoms with Crippen LogP contribution < -0.4 is 10.6 Å². The fraction of sp³-hybridized carbons (Fsp3) is 0.647. The van der Waals surface area contributed by atoms with E-state index in [1.165, 1.54) is 14.2 Å². The van der Waals surface area contributed by atoms with Crippen LogP contribution in [0.25, 0.3) is 0 Å². The van der Waals surface area contributed by atoms with E-state index in [0.717, 1.165) is 15.4 Å². The maximum Gasteiger partial charge on any atom is 0.325 e. The first-order valence-corrected chi connectivity index (χ1v) is 16.7. The van der Waals surface area contributed by atoms with E-state index in [0.29, 0.717) is 32.1 Å². The number of hydrogen-bond acceptors (Lipinski definition) is 10. The average Bonchev–Trinajstić information content (AvgIpc) is 3.08. The molecule has 3 fully saturated rings. The minimum absolute atomic E-state index is 0.104. The van der Waals surface area contributed by atoms with Gasteiger partial charge in [0.2, 0.25) is 23.5 Å². The lowest BCUT2D eigenvalue weighted by Crippen LogP contribution is -2.62. The van der Waals surface area contributed by atoms with Crippen LogP contribution in [0.4, 0.5) is 0 Å². The van der Waals surface area contributed by atoms with Crippen molar-refractivity contribution in [2.24, 2.45) is 5.92 Å². The van der Waals surface area contributed by atoms with Gasteiger partial charge in [0.15, 0.2) is 0 Å². The summed E-state index contributed by atoms with van der Waals surface area (Å²) >= 11 is 0. The van der Waals surface area contributed by atoms with E-state index in [4.69, 9.17) is 14.2 Å². The Morgan fingerprint density at radius 1 is 1.00 bits per heavy atom. The predicted molar refractivity (Wildman–Crippen MR) is 171 cm³/mol. The van der Waals surface area contributed by atoms with Crippen molar-refractivity contribution in [3.05, 3.63) is 35.9 Å². The maximum atomic E-state index is 13.8. The van der Waals surface area contributed by atoms with E-state index in [-0.39, 0.29) is 25.8 Å². The third kappa shape index (κ3) is 8.97. The van der Waals surface area contributed by atoms with Gasteiger partial charge >= 0.3 is 5.97 Å². The Morgan fingerprint density at radius 3 is 2.44 bits per heavy atom. The van der Waals surface area contributed by atoms with Crippen LogP contribution in [0.5, 0.6) is 0 Å². The molecule has 3 aliphatic rings. The molecule has 3 aliphatic heterocycles. The first-order chi connectivity index (χ1) is 22.8. The van der Waals surface area contributed by atoms with Gasteiger partial charge in [-0.1, -0.05) is 37.3 Å². The van der Waals surface area contributed by atoms with Crippen molar-refractivity contribution in [1.29, 1.82) is 0 Å². The van der Waals surface area contributed by atoms with E-state index < -0.39 is 90.6 Å². The van der Waals surface area contributed by atoms with Gasteiger partial charge in [0.25, 0.3) is 11.7 Å². The van der Waals surface area contributed by atoms with Gasteiger partial charge in [-0.2, -0.15) is 0 Å². The molecule has 14 nitrogen and oxygen atoms in total. The van der Waals surface area contributed by atoms with Crippen molar-refractivity contribution in [3.8, 4) is 0 Å². The summed E-state index contributed by atoms with van der Waals surface area (Å²) in [6, 6.07) is 7.20. The molecule has 3 N–H and O–H groups in total. The average molecular weight is 673 g/mol. The van der Waals surface area contributed by atoms with E-state index >= 15 is 0 Å². The minimum Gasteiger partial charge on any atom is -0.459 e. The molecule has 2 bridgehead atoms. The van der Waals surface area contributed by atoms with Crippen LogP contribution in [0.2, 0.25) is 0 Å². The number of benzene rings is 1. The third-order valence-electron chi connectivity index (χ3n) is 9.56. The summed E-state index contributed by atoms with van der Waals surface area (Å²) in [4.78, 5) is 82.6. The van der Waals surface area contributed by atoms with Crippen LogP contribution in [-0.4, -0.2) is 120 Å². The van der Waals surface area contributed by atoms with Crippen molar-refractivity contribution in [3.63, 3.8) is 0 Å². The van der Waals surface area contributed by atoms with Gasteiger partial charge in [-0.05, 0) is 57.4 Å². The summed E-state index contributed by atoms with van der Waals surface area (Å²) in [5, 5.41) is 16.9. The topological polar surface area (TPSA) is 181 Å². The molecule has 7 atom stereocenters. The molecule has 0 unspecified atom stereocenters. The zero-order valence-corrected chi connectivity index (χ0v) is 28.1. The van der Waals surface area contributed by atoms with Gasteiger partial charge in [0.1, 0.15) is 24.7 Å². The zero-order chi connectivity index (χ0) is 35.0. The van der Waals surface area contributed by atoms with Gasteiger partial charge in [-0.3, -0.25) is 28.8 Å². The van der Waals surface area contributed by atoms with Crippen LogP contribution in [0.15, 0.2) is 30.3 Å². The van der Waals surface area contributed by atoms with Gasteiger partial charge in [0, 0.05) is 33.0 Å². The molecule has 264 valence electrons. The SMILES string of the molecule is CO[C@H]1C[C@@H]2CC[C@@H](C)[C@@](O)(O2)C(=O)C(=O)N2CCCC[C@H]2C(=O)N[C@@H](CCc2ccccc2)C(=O)NCC(=O)N(C)CC(=O)O[C@H]1C. The van der Waals surface area contributed by atoms with E-state index in [1.54, 1.807) is 13.8 Å². The van der Waals surface area contributed by atoms with Crippen molar-refractivity contribution in [2.75, 3.05) is 33.8 Å². The zero-order valence-electron chi connectivity index (χ0n) is 28.1. The monoisotopic (exact) mass is 672 g/mol. The Kier molecular flexibility index (Phi) is 12.7. The summed E-state index contributed by atoms with van der Waals surface area (Å²) in [6.45, 7) is 2.51. The molecule has 0 saturated carbocycles. The molecule has 0 aliphatic carbocycles. The Morgan fingerprint density at radius 2 is 1.73 bits per heavy atom. The molecule has 0 aromatic heterocycles. The number of rotatable bonds is 4. The van der Waals surface area contributed by atoms with Crippen molar-refractivity contribution >= 4 is 35.4 Å². The summed E-state index contributed by atoms with van der Waals surface area (Å²) in [5.74, 6) is -7.89. The number of carbonyl (C=O) groups is 6. The summed E-state index contributed by atoms with van der Waals surface area (Å²) in [5.41, 5.74) is 0.925. The van der Waals surface area contributed by atoms with Gasteiger partial charge in [-0.15, -0.1) is 0 Å². The van der Waals surface area contributed by atoms with Crippen LogP contribution in [0, 0.1) is 5.92 Å². The van der Waals surface area contributed by atoms with Gasteiger partial charge in [-0.25, -0.2) is 0 Å². The van der Waals surface area contributed by atoms with E-state index in [1.807, 2.05) is 30.3 Å². The molecule has 4 rings (SSSR count). The molecule has 0 spiro atoms. The number of methoxy groups -OCH3 is 1. The largest absolute Gasteiger partial charge is 0.459 e. The van der Waals surface area contributed by atoms with Crippen LogP contribution in [0.1, 0.15) is 64.4 Å². The third-order valence-corrected chi connectivity index (χ3v) is 9.56. The fourth-order valence-electron chi connectivity index (χ4n) is 6.49. The second kappa shape index (κ2) is 16.5. The molecule has 4 amide bonds. The fourth-order valence-corrected chi connectivity index (χ4v) is 6.49. The number of nitrogens with zero attached hydrogens (tertiary/aromatic N) is 2. The van der Waals surface area contributed by atoms with Crippen molar-refractivity contribution < 1.29 is 48.1 Å². The number of likely N-dealkylation sites (N-methyl/N-ethyl adjacent to an activating group) is 1. The number of esters is 1. The molecular formula is C34H48N4O10. The highest BCUT2D eigenvalue weighted by atomic mass is 16.6. The number of aryl methyl sites for hydroxylation is 1. The Balaban J connectivity index is 1.64. The lowest BCUT2D eigenvalue weighted by Gasteiger charge is -2.43. The number of fused-ring (bicyclic) bond motifs is 3. The van der Waals surface area contributed by atoms with Crippen LogP contribution >= 0.6 is 0 Å². The van der Waals surface area contributed by atoms with E-state index in [2.05, 4.69) is 10.6 Å².